The minimum Gasteiger partial charge on any atom is -0.494 e. The van der Waals surface area contributed by atoms with Crippen LogP contribution >= 0.6 is 0 Å². The second-order valence-corrected chi connectivity index (χ2v) is 9.80. The van der Waals surface area contributed by atoms with Crippen LogP contribution < -0.4 is 14.2 Å². The summed E-state index contributed by atoms with van der Waals surface area (Å²) in [6, 6.07) is 15.1. The Hall–Kier alpha value is -3.17. The lowest BCUT2D eigenvalue weighted by atomic mass is 10.0. The van der Waals surface area contributed by atoms with Gasteiger partial charge in [0.2, 0.25) is 6.79 Å². The lowest BCUT2D eigenvalue weighted by Crippen LogP contribution is -2.51. The molecule has 0 spiro atoms. The highest BCUT2D eigenvalue weighted by atomic mass is 16.7. The molecule has 1 aliphatic carbocycles. The average molecular weight is 491 g/mol. The molecule has 0 radical (unpaired) electrons. The van der Waals surface area contributed by atoms with Crippen LogP contribution in [0.4, 0.5) is 0 Å². The average Bonchev–Trinajstić information content (AvgIpc) is 3.69. The van der Waals surface area contributed by atoms with Crippen molar-refractivity contribution in [1.82, 2.24) is 30.0 Å². The summed E-state index contributed by atoms with van der Waals surface area (Å²) in [5.74, 6) is 3.29. The standard InChI is InChI=1S/C27H34N6O3/c1-2-34-23-10-8-21(9-11-23)26(32-15-13-31(14-16-32)22-5-3-4-6-22)27-28-29-30-33(27)18-20-7-12-24-25(17-20)36-19-35-24/h7-12,17,22,26H,2-6,13-16,18-19H2,1H3/t26-/m1/s1. The van der Waals surface area contributed by atoms with E-state index in [1.54, 1.807) is 0 Å². The predicted molar refractivity (Wildman–Crippen MR) is 134 cm³/mol. The molecule has 0 bridgehead atoms. The quantitative estimate of drug-likeness (QED) is 0.475. The van der Waals surface area contributed by atoms with E-state index in [0.29, 0.717) is 13.2 Å². The van der Waals surface area contributed by atoms with Crippen molar-refractivity contribution in [3.05, 3.63) is 59.4 Å². The Bertz CT molecular complexity index is 1150. The molecule has 3 aromatic rings. The summed E-state index contributed by atoms with van der Waals surface area (Å²) in [6.07, 6.45) is 5.43. The summed E-state index contributed by atoms with van der Waals surface area (Å²) in [7, 11) is 0. The van der Waals surface area contributed by atoms with E-state index < -0.39 is 0 Å². The molecule has 2 aliphatic heterocycles. The van der Waals surface area contributed by atoms with Crippen molar-refractivity contribution < 1.29 is 14.2 Å². The molecule has 1 aromatic heterocycles. The molecule has 1 atom stereocenters. The smallest absolute Gasteiger partial charge is 0.231 e. The van der Waals surface area contributed by atoms with Crippen LogP contribution in [0.25, 0.3) is 0 Å². The maximum Gasteiger partial charge on any atom is 0.231 e. The SMILES string of the molecule is CCOc1ccc([C@H](c2nnnn2Cc2ccc3c(c2)OCO3)N2CCN(C3CCCC3)CC2)cc1. The minimum atomic E-state index is -0.0320. The lowest BCUT2D eigenvalue weighted by molar-refractivity contribution is 0.0771. The number of aromatic nitrogens is 4. The summed E-state index contributed by atoms with van der Waals surface area (Å²) >= 11 is 0. The first kappa shape index (κ1) is 23.2. The molecule has 9 nitrogen and oxygen atoms in total. The van der Waals surface area contributed by atoms with Crippen molar-refractivity contribution in [3.8, 4) is 17.2 Å². The van der Waals surface area contributed by atoms with Gasteiger partial charge in [0.05, 0.1) is 19.2 Å². The van der Waals surface area contributed by atoms with Crippen molar-refractivity contribution >= 4 is 0 Å². The molecule has 0 amide bonds. The van der Waals surface area contributed by atoms with E-state index in [0.717, 1.165) is 60.9 Å². The molecule has 1 saturated carbocycles. The Balaban J connectivity index is 1.27. The van der Waals surface area contributed by atoms with Gasteiger partial charge in [0.15, 0.2) is 17.3 Å². The fourth-order valence-corrected chi connectivity index (χ4v) is 5.80. The van der Waals surface area contributed by atoms with Crippen LogP contribution in [-0.2, 0) is 6.54 Å². The summed E-state index contributed by atoms with van der Waals surface area (Å²) in [6.45, 7) is 7.64. The van der Waals surface area contributed by atoms with Crippen LogP contribution in [0.15, 0.2) is 42.5 Å². The number of hydrogen-bond donors (Lipinski definition) is 0. The third-order valence-corrected chi connectivity index (χ3v) is 7.64. The summed E-state index contributed by atoms with van der Waals surface area (Å²) in [5.41, 5.74) is 2.25. The van der Waals surface area contributed by atoms with Crippen molar-refractivity contribution in [2.45, 2.75) is 51.2 Å². The Morgan fingerprint density at radius 2 is 1.75 bits per heavy atom. The molecule has 9 heteroatoms. The Labute approximate surface area is 211 Å². The van der Waals surface area contributed by atoms with Gasteiger partial charge in [-0.15, -0.1) is 5.10 Å². The second kappa shape index (κ2) is 10.4. The van der Waals surface area contributed by atoms with E-state index in [4.69, 9.17) is 14.2 Å². The first-order valence-corrected chi connectivity index (χ1v) is 13.1. The molecule has 36 heavy (non-hydrogen) atoms. The molecular formula is C27H34N6O3. The van der Waals surface area contributed by atoms with Gasteiger partial charge in [0, 0.05) is 32.2 Å². The van der Waals surface area contributed by atoms with Gasteiger partial charge in [-0.3, -0.25) is 9.80 Å². The zero-order valence-corrected chi connectivity index (χ0v) is 20.9. The molecule has 0 N–H and O–H groups in total. The van der Waals surface area contributed by atoms with E-state index in [9.17, 15) is 0 Å². The number of rotatable bonds is 8. The highest BCUT2D eigenvalue weighted by molar-refractivity contribution is 5.44. The van der Waals surface area contributed by atoms with Gasteiger partial charge in [-0.05, 0) is 65.6 Å². The number of tetrazole rings is 1. The van der Waals surface area contributed by atoms with Gasteiger partial charge >= 0.3 is 0 Å². The highest BCUT2D eigenvalue weighted by Gasteiger charge is 2.33. The molecule has 190 valence electrons. The van der Waals surface area contributed by atoms with Crippen molar-refractivity contribution in [2.75, 3.05) is 39.6 Å². The van der Waals surface area contributed by atoms with Crippen LogP contribution in [0.2, 0.25) is 0 Å². The van der Waals surface area contributed by atoms with E-state index in [1.807, 2.05) is 41.9 Å². The number of nitrogens with zero attached hydrogens (tertiary/aromatic N) is 6. The van der Waals surface area contributed by atoms with Crippen molar-refractivity contribution in [2.24, 2.45) is 0 Å². The molecule has 1 saturated heterocycles. The molecular weight excluding hydrogens is 456 g/mol. The number of benzene rings is 2. The van der Waals surface area contributed by atoms with Gasteiger partial charge in [0.25, 0.3) is 0 Å². The van der Waals surface area contributed by atoms with E-state index in [1.165, 1.54) is 31.2 Å². The minimum absolute atomic E-state index is 0.0320. The third-order valence-electron chi connectivity index (χ3n) is 7.64. The molecule has 2 aromatic carbocycles. The molecule has 6 rings (SSSR count). The first-order chi connectivity index (χ1) is 17.8. The maximum atomic E-state index is 5.70. The third kappa shape index (κ3) is 4.77. The highest BCUT2D eigenvalue weighted by Crippen LogP contribution is 2.34. The van der Waals surface area contributed by atoms with E-state index in [2.05, 4.69) is 37.5 Å². The molecule has 3 aliphatic rings. The zero-order valence-electron chi connectivity index (χ0n) is 20.9. The van der Waals surface area contributed by atoms with Crippen LogP contribution in [-0.4, -0.2) is 75.6 Å². The van der Waals surface area contributed by atoms with Gasteiger partial charge in [-0.25, -0.2) is 4.68 Å². The normalized spacial score (nSPS) is 19.6. The lowest BCUT2D eigenvalue weighted by Gasteiger charge is -2.41. The number of hydrogen-bond acceptors (Lipinski definition) is 8. The number of piperazine rings is 1. The fraction of sp³-hybridized carbons (Fsp3) is 0.519. The van der Waals surface area contributed by atoms with Gasteiger partial charge in [-0.2, -0.15) is 0 Å². The monoisotopic (exact) mass is 490 g/mol. The summed E-state index contributed by atoms with van der Waals surface area (Å²) < 4.78 is 18.7. The summed E-state index contributed by atoms with van der Waals surface area (Å²) in [5, 5.41) is 13.0. The number of ether oxygens (including phenoxy) is 3. The Morgan fingerprint density at radius 1 is 0.972 bits per heavy atom. The van der Waals surface area contributed by atoms with Gasteiger partial charge < -0.3 is 14.2 Å². The maximum absolute atomic E-state index is 5.70. The van der Waals surface area contributed by atoms with Crippen molar-refractivity contribution in [3.63, 3.8) is 0 Å². The van der Waals surface area contributed by atoms with Crippen LogP contribution in [0.3, 0.4) is 0 Å². The fourth-order valence-electron chi connectivity index (χ4n) is 5.80. The van der Waals surface area contributed by atoms with E-state index >= 15 is 0 Å². The van der Waals surface area contributed by atoms with Gasteiger partial charge in [-0.1, -0.05) is 31.0 Å². The first-order valence-electron chi connectivity index (χ1n) is 13.1. The Morgan fingerprint density at radius 3 is 2.53 bits per heavy atom. The number of fused-ring (bicyclic) bond motifs is 1. The van der Waals surface area contributed by atoms with E-state index in [-0.39, 0.29) is 12.8 Å². The van der Waals surface area contributed by atoms with Crippen molar-refractivity contribution in [1.29, 1.82) is 0 Å². The van der Waals surface area contributed by atoms with Crippen LogP contribution in [0.1, 0.15) is 55.6 Å². The molecule has 0 unspecified atom stereocenters. The molecule has 2 fully saturated rings. The predicted octanol–water partition coefficient (Wildman–Crippen LogP) is 3.50. The summed E-state index contributed by atoms with van der Waals surface area (Å²) in [4.78, 5) is 5.22. The largest absolute Gasteiger partial charge is 0.494 e. The van der Waals surface area contributed by atoms with Crippen LogP contribution in [0, 0.1) is 0 Å². The molecule has 3 heterocycles. The van der Waals surface area contributed by atoms with Gasteiger partial charge in [0.1, 0.15) is 5.75 Å². The van der Waals surface area contributed by atoms with Crippen LogP contribution in [0.5, 0.6) is 17.2 Å². The second-order valence-electron chi connectivity index (χ2n) is 9.80. The Kier molecular flexibility index (Phi) is 6.74. The zero-order chi connectivity index (χ0) is 24.3. The topological polar surface area (TPSA) is 77.8 Å².